The van der Waals surface area contributed by atoms with E-state index in [2.05, 4.69) is 17.1 Å². The monoisotopic (exact) mass is 463 g/mol. The van der Waals surface area contributed by atoms with E-state index in [0.717, 1.165) is 19.6 Å². The van der Waals surface area contributed by atoms with Gasteiger partial charge in [-0.3, -0.25) is 19.4 Å². The first-order chi connectivity index (χ1) is 15.4. The predicted molar refractivity (Wildman–Crippen MR) is 114 cm³/mol. The van der Waals surface area contributed by atoms with Crippen molar-refractivity contribution in [2.45, 2.75) is 19.4 Å². The average molecular weight is 464 g/mol. The lowest BCUT2D eigenvalue weighted by Gasteiger charge is -2.23. The number of carboxylic acid groups (broad SMARTS) is 2. The summed E-state index contributed by atoms with van der Waals surface area (Å²) in [4.78, 5) is 38.2. The Morgan fingerprint density at radius 2 is 1.22 bits per heavy atom. The highest BCUT2D eigenvalue weighted by Crippen LogP contribution is 1.97. The van der Waals surface area contributed by atoms with E-state index < -0.39 is 30.3 Å². The van der Waals surface area contributed by atoms with Gasteiger partial charge in [-0.2, -0.15) is 0 Å². The molecule has 0 aromatic carbocycles. The Labute approximate surface area is 188 Å². The van der Waals surface area contributed by atoms with Crippen LogP contribution in [-0.4, -0.2) is 136 Å². The second-order valence-corrected chi connectivity index (χ2v) is 7.22. The largest absolute Gasteiger partial charge is 0.481 e. The van der Waals surface area contributed by atoms with Gasteiger partial charge in [0.1, 0.15) is 6.04 Å². The Bertz CT molecular complexity index is 530. The Morgan fingerprint density at radius 3 is 1.59 bits per heavy atom. The van der Waals surface area contributed by atoms with Crippen molar-refractivity contribution in [2.75, 3.05) is 92.1 Å². The van der Waals surface area contributed by atoms with Gasteiger partial charge in [-0.05, 0) is 6.54 Å². The van der Waals surface area contributed by atoms with Crippen molar-refractivity contribution in [2.24, 2.45) is 0 Å². The van der Waals surface area contributed by atoms with E-state index in [-0.39, 0.29) is 6.54 Å². The number of likely N-dealkylation sites (N-methyl/N-ethyl adjacent to an activating group) is 1. The van der Waals surface area contributed by atoms with Gasteiger partial charge in [-0.1, -0.05) is 6.92 Å². The third-order valence-electron chi connectivity index (χ3n) is 4.78. The van der Waals surface area contributed by atoms with Crippen LogP contribution < -0.4 is 5.32 Å². The summed E-state index contributed by atoms with van der Waals surface area (Å²) in [5, 5.41) is 20.1. The van der Waals surface area contributed by atoms with Crippen LogP contribution in [0.3, 0.4) is 0 Å². The molecule has 1 saturated heterocycles. The zero-order valence-electron chi connectivity index (χ0n) is 18.8. The number of aliphatic carboxylic acids is 2. The van der Waals surface area contributed by atoms with Crippen LogP contribution in [0.5, 0.6) is 0 Å². The number of ether oxygens (including phenoxy) is 4. The molecule has 3 N–H and O–H groups in total. The first-order valence-corrected chi connectivity index (χ1v) is 10.9. The van der Waals surface area contributed by atoms with Crippen molar-refractivity contribution >= 4 is 17.8 Å². The molecule has 1 fully saturated rings. The number of carbonyl (C=O) groups is 3. The zero-order chi connectivity index (χ0) is 23.6. The molecular formula is C20H37N3O9. The van der Waals surface area contributed by atoms with Gasteiger partial charge < -0.3 is 34.5 Å². The van der Waals surface area contributed by atoms with Crippen molar-refractivity contribution in [1.82, 2.24) is 15.1 Å². The smallest absolute Gasteiger partial charge is 0.326 e. The van der Waals surface area contributed by atoms with Crippen molar-refractivity contribution in [3.63, 3.8) is 0 Å². The molecule has 186 valence electrons. The highest BCUT2D eigenvalue weighted by atomic mass is 16.5. The Kier molecular flexibility index (Phi) is 15.6. The molecule has 1 aliphatic rings. The Hall–Kier alpha value is -1.83. The second-order valence-electron chi connectivity index (χ2n) is 7.22. The summed E-state index contributed by atoms with van der Waals surface area (Å²) in [6, 6.07) is -1.48. The Morgan fingerprint density at radius 1 is 0.781 bits per heavy atom. The normalized spacial score (nSPS) is 20.5. The van der Waals surface area contributed by atoms with Gasteiger partial charge in [0.2, 0.25) is 5.91 Å². The van der Waals surface area contributed by atoms with Crippen molar-refractivity contribution in [3.8, 4) is 0 Å². The van der Waals surface area contributed by atoms with Crippen LogP contribution >= 0.6 is 0 Å². The zero-order valence-corrected chi connectivity index (χ0v) is 18.8. The van der Waals surface area contributed by atoms with Crippen LogP contribution in [0.4, 0.5) is 0 Å². The van der Waals surface area contributed by atoms with Gasteiger partial charge in [-0.25, -0.2) is 4.79 Å². The van der Waals surface area contributed by atoms with Crippen LogP contribution in [0, 0.1) is 0 Å². The Balaban J connectivity index is 2.50. The number of carboxylic acids is 2. The second kappa shape index (κ2) is 17.7. The fraction of sp³-hybridized carbons (Fsp3) is 0.850. The molecule has 12 heteroatoms. The third kappa shape index (κ3) is 14.3. The lowest BCUT2D eigenvalue weighted by atomic mass is 10.2. The predicted octanol–water partition coefficient (Wildman–Crippen LogP) is -1.27. The number of nitrogens with one attached hydrogen (secondary N) is 1. The van der Waals surface area contributed by atoms with Gasteiger partial charge in [0, 0.05) is 26.2 Å². The number of nitrogens with zero attached hydrogens (tertiary/aromatic N) is 2. The van der Waals surface area contributed by atoms with Crippen molar-refractivity contribution in [1.29, 1.82) is 0 Å². The molecule has 0 saturated carbocycles. The van der Waals surface area contributed by atoms with E-state index in [4.69, 9.17) is 29.2 Å². The number of amides is 1. The minimum absolute atomic E-state index is 0.101. The van der Waals surface area contributed by atoms with Crippen LogP contribution in [0.25, 0.3) is 0 Å². The summed E-state index contributed by atoms with van der Waals surface area (Å²) in [5.74, 6) is -3.27. The van der Waals surface area contributed by atoms with Crippen LogP contribution in [0.15, 0.2) is 0 Å². The summed E-state index contributed by atoms with van der Waals surface area (Å²) in [6.07, 6.45) is -0.691. The summed E-state index contributed by atoms with van der Waals surface area (Å²) < 4.78 is 22.3. The van der Waals surface area contributed by atoms with Crippen LogP contribution in [0.2, 0.25) is 0 Å². The molecule has 32 heavy (non-hydrogen) atoms. The van der Waals surface area contributed by atoms with E-state index in [1.807, 2.05) is 0 Å². The molecule has 1 unspecified atom stereocenters. The van der Waals surface area contributed by atoms with Gasteiger partial charge >= 0.3 is 11.9 Å². The highest BCUT2D eigenvalue weighted by molar-refractivity contribution is 5.87. The fourth-order valence-corrected chi connectivity index (χ4v) is 2.93. The maximum Gasteiger partial charge on any atom is 0.326 e. The SMILES string of the molecule is CCN1CCOCCOCCN(CC(=O)NC(CC(=O)O)C(=O)O)CCOCCOCC1. The van der Waals surface area contributed by atoms with Crippen molar-refractivity contribution < 1.29 is 43.5 Å². The lowest BCUT2D eigenvalue weighted by molar-refractivity contribution is -0.147. The maximum absolute atomic E-state index is 12.3. The topological polar surface area (TPSA) is 147 Å². The summed E-state index contributed by atoms with van der Waals surface area (Å²) >= 11 is 0. The summed E-state index contributed by atoms with van der Waals surface area (Å²) in [5.41, 5.74) is 0. The molecule has 12 nitrogen and oxygen atoms in total. The van der Waals surface area contributed by atoms with Crippen molar-refractivity contribution in [3.05, 3.63) is 0 Å². The van der Waals surface area contributed by atoms with Gasteiger partial charge in [0.25, 0.3) is 0 Å². The number of hydrogen-bond acceptors (Lipinski definition) is 9. The molecule has 1 amide bonds. The fourth-order valence-electron chi connectivity index (χ4n) is 2.93. The standard InChI is InChI=1S/C20H37N3O9/c1-2-22-3-7-29-11-13-31-9-5-23(6-10-32-14-12-30-8-4-22)16-18(24)21-17(20(27)28)15-19(25)26/h17H,2-16H2,1H3,(H,21,24)(H,25,26)(H,27,28). The van der Waals surface area contributed by atoms with Gasteiger partial charge in [0.15, 0.2) is 0 Å². The van der Waals surface area contributed by atoms with E-state index >= 15 is 0 Å². The van der Waals surface area contributed by atoms with Gasteiger partial charge in [0.05, 0.1) is 65.8 Å². The quantitative estimate of drug-likeness (QED) is 0.415. The summed E-state index contributed by atoms with van der Waals surface area (Å²) in [6.45, 7) is 9.11. The molecule has 0 bridgehead atoms. The van der Waals surface area contributed by atoms with E-state index in [1.54, 1.807) is 4.90 Å². The first-order valence-electron chi connectivity index (χ1n) is 10.9. The molecule has 0 aliphatic carbocycles. The molecule has 1 atom stereocenters. The van der Waals surface area contributed by atoms with Crippen LogP contribution in [-0.2, 0) is 33.3 Å². The maximum atomic E-state index is 12.3. The molecule has 0 aromatic rings. The number of hydrogen-bond donors (Lipinski definition) is 3. The number of carbonyl (C=O) groups excluding carboxylic acids is 1. The van der Waals surface area contributed by atoms with E-state index in [0.29, 0.717) is 65.9 Å². The molecule has 0 aromatic heterocycles. The minimum Gasteiger partial charge on any atom is -0.481 e. The van der Waals surface area contributed by atoms with Crippen LogP contribution in [0.1, 0.15) is 13.3 Å². The summed E-state index contributed by atoms with van der Waals surface area (Å²) in [7, 11) is 0. The minimum atomic E-state index is -1.48. The van der Waals surface area contributed by atoms with E-state index in [1.165, 1.54) is 0 Å². The van der Waals surface area contributed by atoms with Gasteiger partial charge in [-0.15, -0.1) is 0 Å². The average Bonchev–Trinajstić information content (AvgIpc) is 2.74. The molecule has 1 aliphatic heterocycles. The molecule has 1 rings (SSSR count). The van der Waals surface area contributed by atoms with E-state index in [9.17, 15) is 14.4 Å². The molecular weight excluding hydrogens is 426 g/mol. The number of rotatable bonds is 7. The first kappa shape index (κ1) is 28.2. The third-order valence-corrected chi connectivity index (χ3v) is 4.78. The molecule has 0 spiro atoms. The molecule has 0 radical (unpaired) electrons. The lowest BCUT2D eigenvalue weighted by Crippen LogP contribution is -2.47. The highest BCUT2D eigenvalue weighted by Gasteiger charge is 2.23. The molecule has 1 heterocycles.